The minimum atomic E-state index is -3.63. The first-order valence-corrected chi connectivity index (χ1v) is 10.6. The number of hydrogen-bond acceptors (Lipinski definition) is 5. The van der Waals surface area contributed by atoms with Crippen LogP contribution in [0.5, 0.6) is 0 Å². The van der Waals surface area contributed by atoms with Crippen molar-refractivity contribution in [3.8, 4) is 11.4 Å². The molecule has 0 aliphatic carbocycles. The van der Waals surface area contributed by atoms with E-state index in [1.807, 2.05) is 19.1 Å². The Kier molecular flexibility index (Phi) is 4.24. The Morgan fingerprint density at radius 3 is 2.69 bits per heavy atom. The van der Waals surface area contributed by atoms with Crippen molar-refractivity contribution in [3.63, 3.8) is 0 Å². The lowest BCUT2D eigenvalue weighted by molar-refractivity contribution is 0.601. The molecule has 1 N–H and O–H groups in total. The van der Waals surface area contributed by atoms with Crippen LogP contribution in [0.1, 0.15) is 12.5 Å². The normalized spacial score (nSPS) is 16.5. The molecule has 1 atom stereocenters. The fourth-order valence-corrected chi connectivity index (χ4v) is 4.89. The monoisotopic (exact) mass is 386 g/mol. The van der Waals surface area contributed by atoms with Crippen LogP contribution in [0, 0.1) is 6.92 Å². The van der Waals surface area contributed by atoms with Gasteiger partial charge in [0.15, 0.2) is 11.0 Å². The van der Waals surface area contributed by atoms with Crippen molar-refractivity contribution in [2.75, 3.05) is 4.72 Å². The molecular formula is C18H18N4O2S2. The van der Waals surface area contributed by atoms with Gasteiger partial charge in [0.25, 0.3) is 10.0 Å². The molecule has 0 bridgehead atoms. The zero-order valence-electron chi connectivity index (χ0n) is 14.4. The first-order valence-electron chi connectivity index (χ1n) is 8.22. The lowest BCUT2D eigenvalue weighted by Crippen LogP contribution is -2.13. The van der Waals surface area contributed by atoms with Crippen LogP contribution in [-0.2, 0) is 16.6 Å². The summed E-state index contributed by atoms with van der Waals surface area (Å²) >= 11 is 1.70. The Hall–Kier alpha value is -2.32. The van der Waals surface area contributed by atoms with E-state index in [1.54, 1.807) is 48.2 Å². The lowest BCUT2D eigenvalue weighted by Gasteiger charge is -2.10. The summed E-state index contributed by atoms with van der Waals surface area (Å²) in [5, 5.41) is 9.85. The Labute approximate surface area is 156 Å². The second-order valence-electron chi connectivity index (χ2n) is 6.34. The van der Waals surface area contributed by atoms with Crippen LogP contribution in [0.4, 0.5) is 5.69 Å². The van der Waals surface area contributed by atoms with Crippen LogP contribution < -0.4 is 4.72 Å². The molecule has 2 aromatic carbocycles. The highest BCUT2D eigenvalue weighted by molar-refractivity contribution is 7.99. The number of nitrogens with one attached hydrogen (secondary N) is 1. The first kappa shape index (κ1) is 17.1. The maximum atomic E-state index is 12.6. The molecule has 0 radical (unpaired) electrons. The molecule has 2 heterocycles. The second-order valence-corrected chi connectivity index (χ2v) is 9.43. The van der Waals surface area contributed by atoms with E-state index in [0.717, 1.165) is 28.7 Å². The predicted octanol–water partition coefficient (Wildman–Crippen LogP) is 3.55. The van der Waals surface area contributed by atoms with Gasteiger partial charge in [0.05, 0.1) is 4.90 Å². The van der Waals surface area contributed by atoms with E-state index in [9.17, 15) is 8.42 Å². The predicted molar refractivity (Wildman–Crippen MR) is 103 cm³/mol. The quantitative estimate of drug-likeness (QED) is 0.742. The zero-order valence-corrected chi connectivity index (χ0v) is 16.0. The fourth-order valence-electron chi connectivity index (χ4n) is 2.88. The highest BCUT2D eigenvalue weighted by atomic mass is 32.2. The van der Waals surface area contributed by atoms with Crippen molar-refractivity contribution < 1.29 is 8.42 Å². The van der Waals surface area contributed by atoms with Crippen molar-refractivity contribution in [1.82, 2.24) is 14.8 Å². The number of nitrogens with zero attached hydrogens (tertiary/aromatic N) is 3. The smallest absolute Gasteiger partial charge is 0.261 e. The number of aryl methyl sites for hydroxylation is 1. The summed E-state index contributed by atoms with van der Waals surface area (Å²) in [6.45, 7) is 4.92. The number of hydrogen-bond donors (Lipinski definition) is 1. The molecule has 1 aliphatic heterocycles. The lowest BCUT2D eigenvalue weighted by atomic mass is 10.2. The summed E-state index contributed by atoms with van der Waals surface area (Å²) < 4.78 is 29.9. The highest BCUT2D eigenvalue weighted by Gasteiger charge is 2.24. The van der Waals surface area contributed by atoms with Gasteiger partial charge in [-0.05, 0) is 31.2 Å². The van der Waals surface area contributed by atoms with E-state index in [4.69, 9.17) is 0 Å². The molecule has 0 fully saturated rings. The summed E-state index contributed by atoms with van der Waals surface area (Å²) in [4.78, 5) is 0.238. The molecule has 4 rings (SSSR count). The molecular weight excluding hydrogens is 368 g/mol. The standard InChI is InChI=1S/C18H18N4O2S2/c1-12-6-8-16(9-7-12)26(23,24)21-15-5-3-4-14(10-15)17-19-20-18-22(17)11-13(2)25-18/h3-10,13,21H,11H2,1-2H3. The number of rotatable bonds is 4. The highest BCUT2D eigenvalue weighted by Crippen LogP contribution is 2.34. The summed E-state index contributed by atoms with van der Waals surface area (Å²) in [5.74, 6) is 0.758. The van der Waals surface area contributed by atoms with Crippen molar-refractivity contribution in [3.05, 3.63) is 54.1 Å². The van der Waals surface area contributed by atoms with Crippen LogP contribution in [0.15, 0.2) is 58.6 Å². The van der Waals surface area contributed by atoms with E-state index in [1.165, 1.54) is 0 Å². The summed E-state index contributed by atoms with van der Waals surface area (Å²) in [7, 11) is -3.63. The molecule has 1 aromatic heterocycles. The Balaban J connectivity index is 1.64. The third-order valence-electron chi connectivity index (χ3n) is 4.17. The molecule has 0 saturated carbocycles. The number of sulfonamides is 1. The second kappa shape index (κ2) is 6.44. The molecule has 1 aliphatic rings. The van der Waals surface area contributed by atoms with Gasteiger partial charge in [-0.1, -0.05) is 48.5 Å². The van der Waals surface area contributed by atoms with Crippen molar-refractivity contribution in [2.24, 2.45) is 0 Å². The van der Waals surface area contributed by atoms with Crippen LogP contribution in [0.3, 0.4) is 0 Å². The number of benzene rings is 2. The van der Waals surface area contributed by atoms with Gasteiger partial charge in [0, 0.05) is 23.0 Å². The van der Waals surface area contributed by atoms with E-state index < -0.39 is 10.0 Å². The topological polar surface area (TPSA) is 76.9 Å². The van der Waals surface area contributed by atoms with Gasteiger partial charge in [-0.3, -0.25) is 4.72 Å². The van der Waals surface area contributed by atoms with Gasteiger partial charge in [-0.2, -0.15) is 0 Å². The molecule has 0 saturated heterocycles. The van der Waals surface area contributed by atoms with Crippen LogP contribution in [0.2, 0.25) is 0 Å². The Morgan fingerprint density at radius 1 is 1.15 bits per heavy atom. The molecule has 26 heavy (non-hydrogen) atoms. The summed E-state index contributed by atoms with van der Waals surface area (Å²) in [5.41, 5.74) is 2.35. The molecule has 134 valence electrons. The maximum Gasteiger partial charge on any atom is 0.261 e. The minimum Gasteiger partial charge on any atom is -0.301 e. The molecule has 8 heteroatoms. The van der Waals surface area contributed by atoms with Crippen LogP contribution in [0.25, 0.3) is 11.4 Å². The van der Waals surface area contributed by atoms with E-state index in [2.05, 4.69) is 26.4 Å². The molecule has 1 unspecified atom stereocenters. The first-order chi connectivity index (χ1) is 12.4. The third kappa shape index (κ3) is 3.22. The Bertz CT molecular complexity index is 1060. The van der Waals surface area contributed by atoms with Crippen LogP contribution >= 0.6 is 11.8 Å². The van der Waals surface area contributed by atoms with E-state index in [0.29, 0.717) is 10.9 Å². The molecule has 3 aromatic rings. The third-order valence-corrected chi connectivity index (χ3v) is 6.63. The maximum absolute atomic E-state index is 12.6. The SMILES string of the molecule is Cc1ccc(S(=O)(=O)Nc2cccc(-c3nnc4n3CC(C)S4)c2)cc1. The van der Waals surface area contributed by atoms with Crippen molar-refractivity contribution in [1.29, 1.82) is 0 Å². The summed E-state index contributed by atoms with van der Waals surface area (Å²) in [6.07, 6.45) is 0. The van der Waals surface area contributed by atoms with Gasteiger partial charge < -0.3 is 4.57 Å². The summed E-state index contributed by atoms with van der Waals surface area (Å²) in [6, 6.07) is 14.0. The fraction of sp³-hybridized carbons (Fsp3) is 0.222. The van der Waals surface area contributed by atoms with Gasteiger partial charge in [-0.15, -0.1) is 10.2 Å². The molecule has 0 amide bonds. The number of anilines is 1. The average Bonchev–Trinajstić information content (AvgIpc) is 3.14. The Morgan fingerprint density at radius 2 is 1.92 bits per heavy atom. The molecule has 6 nitrogen and oxygen atoms in total. The van der Waals surface area contributed by atoms with Crippen molar-refractivity contribution in [2.45, 2.75) is 35.7 Å². The average molecular weight is 387 g/mol. The number of thioether (sulfide) groups is 1. The minimum absolute atomic E-state index is 0.238. The van der Waals surface area contributed by atoms with E-state index in [-0.39, 0.29) is 4.90 Å². The number of aromatic nitrogens is 3. The van der Waals surface area contributed by atoms with Gasteiger partial charge in [0.2, 0.25) is 0 Å². The van der Waals surface area contributed by atoms with Crippen molar-refractivity contribution >= 4 is 27.5 Å². The van der Waals surface area contributed by atoms with Gasteiger partial charge >= 0.3 is 0 Å². The molecule has 0 spiro atoms. The van der Waals surface area contributed by atoms with Gasteiger partial charge in [0.1, 0.15) is 0 Å². The largest absolute Gasteiger partial charge is 0.301 e. The van der Waals surface area contributed by atoms with Crippen LogP contribution in [-0.4, -0.2) is 28.4 Å². The van der Waals surface area contributed by atoms with E-state index >= 15 is 0 Å². The van der Waals surface area contributed by atoms with Gasteiger partial charge in [-0.25, -0.2) is 8.42 Å². The number of fused-ring (bicyclic) bond motifs is 1. The zero-order chi connectivity index (χ0) is 18.3.